The number of nitrogens with zero attached hydrogens (tertiary/aromatic N) is 5. The number of fused-ring (bicyclic) bond motifs is 1. The van der Waals surface area contributed by atoms with E-state index in [1.165, 1.54) is 4.90 Å². The largest absolute Gasteiger partial charge is 0.473 e. The number of anilines is 1. The molecule has 0 radical (unpaired) electrons. The molecule has 1 fully saturated rings. The van der Waals surface area contributed by atoms with Gasteiger partial charge in [-0.15, -0.1) is 0 Å². The zero-order valence-electron chi connectivity index (χ0n) is 24.4. The van der Waals surface area contributed by atoms with Crippen LogP contribution in [-0.2, 0) is 20.3 Å². The molecular weight excluding hydrogens is 542 g/mol. The predicted octanol–water partition coefficient (Wildman–Crippen LogP) is 6.37. The van der Waals surface area contributed by atoms with E-state index in [1.807, 2.05) is 84.5 Å². The van der Waals surface area contributed by atoms with Gasteiger partial charge in [0.2, 0.25) is 11.8 Å². The van der Waals surface area contributed by atoms with Gasteiger partial charge in [0.15, 0.2) is 0 Å². The molecule has 5 aromatic rings. The number of carbonyl (C=O) groups is 1. The van der Waals surface area contributed by atoms with Gasteiger partial charge in [-0.25, -0.2) is 4.79 Å². The summed E-state index contributed by atoms with van der Waals surface area (Å²) in [6, 6.07) is 30.2. The Bertz CT molecular complexity index is 1700. The number of pyridine rings is 1. The number of ether oxygens (including phenoxy) is 2. The first kappa shape index (κ1) is 28.1. The Morgan fingerprint density at radius 1 is 0.907 bits per heavy atom. The van der Waals surface area contributed by atoms with Crippen molar-refractivity contribution in [1.29, 1.82) is 0 Å². The van der Waals surface area contributed by atoms with Crippen LogP contribution in [-0.4, -0.2) is 57.0 Å². The second-order valence-electron chi connectivity index (χ2n) is 10.8. The normalized spacial score (nSPS) is 13.7. The molecule has 6 rings (SSSR count). The number of benzene rings is 3. The van der Waals surface area contributed by atoms with Gasteiger partial charge in [0, 0.05) is 50.4 Å². The first-order chi connectivity index (χ1) is 21.0. The van der Waals surface area contributed by atoms with Crippen LogP contribution in [0.5, 0.6) is 11.8 Å². The first-order valence-electron chi connectivity index (χ1n) is 14.5. The van der Waals surface area contributed by atoms with Crippen molar-refractivity contribution in [2.45, 2.75) is 32.1 Å². The maximum absolute atomic E-state index is 11.4. The van der Waals surface area contributed by atoms with Crippen LogP contribution in [0.15, 0.2) is 91.0 Å². The maximum atomic E-state index is 11.4. The number of rotatable bonds is 9. The smallest absolute Gasteiger partial charge is 0.407 e. The molecule has 0 bridgehead atoms. The third kappa shape index (κ3) is 6.25. The standard InChI is InChI=1S/C34H35N5O4/c1-37(34(40)41)26-17-19-39(20-18-26)27-13-14-28-30(21-27)38(2)36-32(28)29-15-16-31(42-22-24-9-5-3-6-10-24)35-33(29)43-23-25-11-7-4-8-12-25/h3-16,21,26H,17-20,22-23H2,1-2H3,(H,40,41). The molecule has 3 heterocycles. The molecule has 43 heavy (non-hydrogen) atoms. The fraction of sp³-hybridized carbons (Fsp3) is 0.265. The van der Waals surface area contributed by atoms with Crippen LogP contribution >= 0.6 is 0 Å². The maximum Gasteiger partial charge on any atom is 0.407 e. The minimum Gasteiger partial charge on any atom is -0.473 e. The molecule has 9 heteroatoms. The van der Waals surface area contributed by atoms with E-state index in [0.717, 1.165) is 64.9 Å². The molecule has 0 aliphatic carbocycles. The lowest BCUT2D eigenvalue weighted by molar-refractivity contribution is 0.131. The van der Waals surface area contributed by atoms with E-state index in [2.05, 4.69) is 23.1 Å². The summed E-state index contributed by atoms with van der Waals surface area (Å²) in [6.07, 6.45) is 0.716. The van der Waals surface area contributed by atoms with Crippen LogP contribution < -0.4 is 14.4 Å². The summed E-state index contributed by atoms with van der Waals surface area (Å²) in [5.74, 6) is 0.943. The van der Waals surface area contributed by atoms with Crippen LogP contribution in [0.4, 0.5) is 10.5 Å². The Morgan fingerprint density at radius 2 is 1.56 bits per heavy atom. The lowest BCUT2D eigenvalue weighted by atomic mass is 10.0. The quantitative estimate of drug-likeness (QED) is 0.218. The molecule has 1 amide bonds. The summed E-state index contributed by atoms with van der Waals surface area (Å²) in [4.78, 5) is 19.9. The summed E-state index contributed by atoms with van der Waals surface area (Å²) < 4.78 is 14.2. The Hall–Kier alpha value is -5.05. The predicted molar refractivity (Wildman–Crippen MR) is 167 cm³/mol. The minimum atomic E-state index is -0.875. The summed E-state index contributed by atoms with van der Waals surface area (Å²) in [6.45, 7) is 2.37. The van der Waals surface area contributed by atoms with E-state index in [0.29, 0.717) is 25.0 Å². The Labute approximate surface area is 250 Å². The summed E-state index contributed by atoms with van der Waals surface area (Å²) in [5.41, 5.74) is 5.77. The summed E-state index contributed by atoms with van der Waals surface area (Å²) in [5, 5.41) is 15.2. The van der Waals surface area contributed by atoms with Crippen molar-refractivity contribution in [2.24, 2.45) is 7.05 Å². The van der Waals surface area contributed by atoms with Crippen molar-refractivity contribution in [1.82, 2.24) is 19.7 Å². The van der Waals surface area contributed by atoms with E-state index in [-0.39, 0.29) is 6.04 Å². The number of hydrogen-bond donors (Lipinski definition) is 1. The van der Waals surface area contributed by atoms with Crippen molar-refractivity contribution in [2.75, 3.05) is 25.0 Å². The average Bonchev–Trinajstić information content (AvgIpc) is 3.38. The highest BCUT2D eigenvalue weighted by Gasteiger charge is 2.26. The Morgan fingerprint density at radius 3 is 2.21 bits per heavy atom. The highest BCUT2D eigenvalue weighted by Crippen LogP contribution is 2.37. The van der Waals surface area contributed by atoms with Crippen molar-refractivity contribution >= 4 is 22.7 Å². The fourth-order valence-corrected chi connectivity index (χ4v) is 5.56. The number of hydrogen-bond acceptors (Lipinski definition) is 6. The molecule has 0 unspecified atom stereocenters. The number of aryl methyl sites for hydroxylation is 1. The second kappa shape index (κ2) is 12.4. The summed E-state index contributed by atoms with van der Waals surface area (Å²) in [7, 11) is 3.60. The molecule has 1 N–H and O–H groups in total. The van der Waals surface area contributed by atoms with Gasteiger partial charge in [0.05, 0.1) is 11.1 Å². The first-order valence-corrected chi connectivity index (χ1v) is 14.5. The van der Waals surface area contributed by atoms with Crippen molar-refractivity contribution < 1.29 is 19.4 Å². The topological polar surface area (TPSA) is 93.0 Å². The number of aromatic nitrogens is 3. The van der Waals surface area contributed by atoms with Crippen molar-refractivity contribution in [3.63, 3.8) is 0 Å². The van der Waals surface area contributed by atoms with Crippen LogP contribution in [0.3, 0.4) is 0 Å². The van der Waals surface area contributed by atoms with Gasteiger partial charge in [-0.2, -0.15) is 10.1 Å². The van der Waals surface area contributed by atoms with Gasteiger partial charge in [-0.1, -0.05) is 60.7 Å². The molecule has 9 nitrogen and oxygen atoms in total. The van der Waals surface area contributed by atoms with Gasteiger partial charge in [0.25, 0.3) is 0 Å². The molecule has 220 valence electrons. The monoisotopic (exact) mass is 577 g/mol. The third-order valence-electron chi connectivity index (χ3n) is 8.05. The SMILES string of the molecule is CN(C(=O)O)C1CCN(c2ccc3c(-c4ccc(OCc5ccccc5)nc4OCc4ccccc4)nn(C)c3c2)CC1. The molecule has 1 aliphatic heterocycles. The molecule has 0 spiro atoms. The molecule has 1 aliphatic rings. The highest BCUT2D eigenvalue weighted by molar-refractivity contribution is 5.96. The number of amides is 1. The van der Waals surface area contributed by atoms with Gasteiger partial charge in [-0.3, -0.25) is 4.68 Å². The second-order valence-corrected chi connectivity index (χ2v) is 10.8. The van der Waals surface area contributed by atoms with E-state index in [9.17, 15) is 9.90 Å². The summed E-state index contributed by atoms with van der Waals surface area (Å²) >= 11 is 0. The fourth-order valence-electron chi connectivity index (χ4n) is 5.56. The molecular formula is C34H35N5O4. The average molecular weight is 578 g/mol. The lowest BCUT2D eigenvalue weighted by Gasteiger charge is -2.36. The van der Waals surface area contributed by atoms with Gasteiger partial charge >= 0.3 is 6.09 Å². The van der Waals surface area contributed by atoms with Gasteiger partial charge < -0.3 is 24.4 Å². The van der Waals surface area contributed by atoms with Crippen LogP contribution in [0.25, 0.3) is 22.2 Å². The zero-order chi connectivity index (χ0) is 29.8. The lowest BCUT2D eigenvalue weighted by Crippen LogP contribution is -2.45. The number of piperidine rings is 1. The number of carboxylic acid groups (broad SMARTS) is 1. The van der Waals surface area contributed by atoms with Gasteiger partial charge in [0.1, 0.15) is 18.9 Å². The third-order valence-corrected chi connectivity index (χ3v) is 8.05. The molecule has 3 aromatic carbocycles. The Balaban J connectivity index is 1.27. The molecule has 1 saturated heterocycles. The van der Waals surface area contributed by atoms with Crippen LogP contribution in [0, 0.1) is 0 Å². The molecule has 0 saturated carbocycles. The Kier molecular flexibility index (Phi) is 8.13. The zero-order valence-corrected chi connectivity index (χ0v) is 24.4. The minimum absolute atomic E-state index is 0.0437. The van der Waals surface area contributed by atoms with E-state index < -0.39 is 6.09 Å². The van der Waals surface area contributed by atoms with Gasteiger partial charge in [-0.05, 0) is 48.2 Å². The molecule has 0 atom stereocenters. The highest BCUT2D eigenvalue weighted by atomic mass is 16.5. The molecule has 2 aromatic heterocycles. The van der Waals surface area contributed by atoms with E-state index in [4.69, 9.17) is 19.6 Å². The van der Waals surface area contributed by atoms with Crippen LogP contribution in [0.1, 0.15) is 24.0 Å². The van der Waals surface area contributed by atoms with E-state index in [1.54, 1.807) is 7.05 Å². The van der Waals surface area contributed by atoms with Crippen molar-refractivity contribution in [3.05, 3.63) is 102 Å². The van der Waals surface area contributed by atoms with Crippen LogP contribution in [0.2, 0.25) is 0 Å². The van der Waals surface area contributed by atoms with Crippen molar-refractivity contribution in [3.8, 4) is 23.0 Å². The van der Waals surface area contributed by atoms with E-state index >= 15 is 0 Å².